The molecule has 6 heteroatoms. The smallest absolute Gasteiger partial charge is 0.349 e. The van der Waals surface area contributed by atoms with Gasteiger partial charge in [-0.25, -0.2) is 4.79 Å². The van der Waals surface area contributed by atoms with Gasteiger partial charge in [0, 0.05) is 38.3 Å². The number of carbonyl (C=O) groups excluding carboxylic acids is 1. The lowest BCUT2D eigenvalue weighted by atomic mass is 10.00. The minimum Gasteiger partial charge on any atom is -0.427 e. The predicted octanol–water partition coefficient (Wildman–Crippen LogP) is 3.21. The molecule has 1 fully saturated rings. The minimum atomic E-state index is -0.521. The highest BCUT2D eigenvalue weighted by Gasteiger charge is 2.27. The zero-order valence-corrected chi connectivity index (χ0v) is 16.3. The van der Waals surface area contributed by atoms with Gasteiger partial charge < -0.3 is 14.2 Å². The Morgan fingerprint density at radius 3 is 2.63 bits per heavy atom. The van der Waals surface area contributed by atoms with Crippen LogP contribution in [-0.2, 0) is 0 Å². The SMILES string of the molecule is CCCC(C)c1cc(C)c(C(=O)N2CCN(c3cccnc3)CC2)c(=O)o1. The topological polar surface area (TPSA) is 66.7 Å². The molecule has 3 rings (SSSR count). The number of aromatic nitrogens is 1. The van der Waals surface area contributed by atoms with E-state index in [1.807, 2.05) is 38.2 Å². The highest BCUT2D eigenvalue weighted by atomic mass is 16.4. The van der Waals surface area contributed by atoms with Gasteiger partial charge in [0.05, 0.1) is 11.9 Å². The fourth-order valence-electron chi connectivity index (χ4n) is 3.57. The molecule has 1 atom stereocenters. The highest BCUT2D eigenvalue weighted by molar-refractivity contribution is 5.95. The first-order valence-corrected chi connectivity index (χ1v) is 9.60. The van der Waals surface area contributed by atoms with Crippen molar-refractivity contribution in [2.45, 2.75) is 39.5 Å². The number of anilines is 1. The maximum absolute atomic E-state index is 12.9. The molecule has 0 spiro atoms. The number of aryl methyl sites for hydroxylation is 1. The van der Waals surface area contributed by atoms with Gasteiger partial charge in [0.2, 0.25) is 0 Å². The van der Waals surface area contributed by atoms with Gasteiger partial charge in [0.15, 0.2) is 0 Å². The molecule has 0 saturated carbocycles. The highest BCUT2D eigenvalue weighted by Crippen LogP contribution is 2.22. The van der Waals surface area contributed by atoms with Crippen LogP contribution < -0.4 is 10.5 Å². The zero-order valence-electron chi connectivity index (χ0n) is 16.3. The van der Waals surface area contributed by atoms with Crippen LogP contribution in [0.2, 0.25) is 0 Å². The Morgan fingerprint density at radius 1 is 1.30 bits per heavy atom. The molecular weight excluding hydrogens is 342 g/mol. The second kappa shape index (κ2) is 8.37. The lowest BCUT2D eigenvalue weighted by Gasteiger charge is -2.36. The summed E-state index contributed by atoms with van der Waals surface area (Å²) in [5.74, 6) is 0.604. The van der Waals surface area contributed by atoms with Crippen molar-refractivity contribution in [2.24, 2.45) is 0 Å². The van der Waals surface area contributed by atoms with E-state index in [1.54, 1.807) is 11.1 Å². The number of pyridine rings is 1. The van der Waals surface area contributed by atoms with Crippen LogP contribution in [0.4, 0.5) is 5.69 Å². The van der Waals surface area contributed by atoms with Gasteiger partial charge in [-0.3, -0.25) is 9.78 Å². The van der Waals surface area contributed by atoms with Crippen molar-refractivity contribution in [3.05, 3.63) is 57.9 Å². The lowest BCUT2D eigenvalue weighted by Crippen LogP contribution is -2.49. The second-order valence-electron chi connectivity index (χ2n) is 7.17. The monoisotopic (exact) mass is 369 g/mol. The van der Waals surface area contributed by atoms with Gasteiger partial charge in [-0.05, 0) is 37.1 Å². The van der Waals surface area contributed by atoms with Crippen LogP contribution in [-0.4, -0.2) is 42.0 Å². The van der Waals surface area contributed by atoms with Crippen LogP contribution in [0.25, 0.3) is 0 Å². The normalized spacial score (nSPS) is 15.7. The Morgan fingerprint density at radius 2 is 2.04 bits per heavy atom. The third-order valence-corrected chi connectivity index (χ3v) is 5.17. The largest absolute Gasteiger partial charge is 0.427 e. The van der Waals surface area contributed by atoms with Crippen LogP contribution in [0.3, 0.4) is 0 Å². The van der Waals surface area contributed by atoms with Crippen LogP contribution >= 0.6 is 0 Å². The third-order valence-electron chi connectivity index (χ3n) is 5.17. The zero-order chi connectivity index (χ0) is 19.4. The Balaban J connectivity index is 1.72. The number of hydrogen-bond donors (Lipinski definition) is 0. The van der Waals surface area contributed by atoms with Crippen LogP contribution in [0.1, 0.15) is 54.3 Å². The first-order valence-electron chi connectivity index (χ1n) is 9.60. The average Bonchev–Trinajstić information content (AvgIpc) is 2.68. The molecule has 1 saturated heterocycles. The number of rotatable bonds is 5. The van der Waals surface area contributed by atoms with Gasteiger partial charge in [-0.2, -0.15) is 0 Å². The van der Waals surface area contributed by atoms with E-state index in [1.165, 1.54) is 0 Å². The molecule has 144 valence electrons. The Bertz CT molecular complexity index is 839. The van der Waals surface area contributed by atoms with Crippen molar-refractivity contribution in [1.82, 2.24) is 9.88 Å². The molecule has 1 aliphatic heterocycles. The quantitative estimate of drug-likeness (QED) is 0.810. The van der Waals surface area contributed by atoms with Gasteiger partial charge in [-0.1, -0.05) is 20.3 Å². The molecule has 2 aromatic rings. The first kappa shape index (κ1) is 19.1. The summed E-state index contributed by atoms with van der Waals surface area (Å²) in [6, 6.07) is 5.77. The number of piperazine rings is 1. The fraction of sp³-hybridized carbons (Fsp3) is 0.476. The van der Waals surface area contributed by atoms with Crippen LogP contribution in [0.15, 0.2) is 39.8 Å². The molecule has 0 aliphatic carbocycles. The van der Waals surface area contributed by atoms with Gasteiger partial charge in [0.25, 0.3) is 5.91 Å². The number of hydrogen-bond acceptors (Lipinski definition) is 5. The minimum absolute atomic E-state index is 0.164. The van der Waals surface area contributed by atoms with Crippen molar-refractivity contribution >= 4 is 11.6 Å². The molecule has 1 unspecified atom stereocenters. The maximum atomic E-state index is 12.9. The lowest BCUT2D eigenvalue weighted by molar-refractivity contribution is 0.0740. The van der Waals surface area contributed by atoms with Crippen LogP contribution in [0.5, 0.6) is 0 Å². The fourth-order valence-corrected chi connectivity index (χ4v) is 3.57. The summed E-state index contributed by atoms with van der Waals surface area (Å²) in [6.45, 7) is 8.53. The Labute approximate surface area is 159 Å². The molecule has 0 bridgehead atoms. The summed E-state index contributed by atoms with van der Waals surface area (Å²) in [6.07, 6.45) is 5.54. The average molecular weight is 369 g/mol. The van der Waals surface area contributed by atoms with E-state index in [9.17, 15) is 9.59 Å². The molecule has 2 aromatic heterocycles. The molecule has 1 amide bonds. The molecule has 0 N–H and O–H groups in total. The van der Waals surface area contributed by atoms with Crippen LogP contribution in [0, 0.1) is 6.92 Å². The standard InChI is InChI=1S/C21H27N3O3/c1-4-6-15(2)18-13-16(3)19(21(26)27-18)20(25)24-11-9-23(10-12-24)17-7-5-8-22-14-17/h5,7-8,13-15H,4,6,9-12H2,1-3H3. The molecule has 6 nitrogen and oxygen atoms in total. The van der Waals surface area contributed by atoms with E-state index in [4.69, 9.17) is 4.42 Å². The summed E-state index contributed by atoms with van der Waals surface area (Å²) in [7, 11) is 0. The summed E-state index contributed by atoms with van der Waals surface area (Å²) in [5.41, 5.74) is 1.39. The third kappa shape index (κ3) is 4.21. The second-order valence-corrected chi connectivity index (χ2v) is 7.17. The summed E-state index contributed by atoms with van der Waals surface area (Å²) in [4.78, 5) is 33.5. The maximum Gasteiger partial charge on any atom is 0.349 e. The summed E-state index contributed by atoms with van der Waals surface area (Å²) in [5, 5.41) is 0. The van der Waals surface area contributed by atoms with E-state index in [0.717, 1.165) is 18.5 Å². The molecule has 27 heavy (non-hydrogen) atoms. The molecule has 1 aliphatic rings. The number of amides is 1. The van der Waals surface area contributed by atoms with Crippen molar-refractivity contribution < 1.29 is 9.21 Å². The number of carbonyl (C=O) groups is 1. The van der Waals surface area contributed by atoms with E-state index in [-0.39, 0.29) is 17.4 Å². The summed E-state index contributed by atoms with van der Waals surface area (Å²) < 4.78 is 5.48. The van der Waals surface area contributed by atoms with Crippen molar-refractivity contribution in [3.8, 4) is 0 Å². The molecule has 0 radical (unpaired) electrons. The molecule has 3 heterocycles. The molecular formula is C21H27N3O3. The van der Waals surface area contributed by atoms with Crippen molar-refractivity contribution in [1.29, 1.82) is 0 Å². The van der Waals surface area contributed by atoms with E-state index in [0.29, 0.717) is 37.5 Å². The number of nitrogens with zero attached hydrogens (tertiary/aromatic N) is 3. The van der Waals surface area contributed by atoms with E-state index in [2.05, 4.69) is 16.8 Å². The van der Waals surface area contributed by atoms with Crippen molar-refractivity contribution in [3.63, 3.8) is 0 Å². The van der Waals surface area contributed by atoms with E-state index < -0.39 is 5.63 Å². The first-order chi connectivity index (χ1) is 13.0. The van der Waals surface area contributed by atoms with Gasteiger partial charge >= 0.3 is 5.63 Å². The van der Waals surface area contributed by atoms with Gasteiger partial charge in [0.1, 0.15) is 11.3 Å². The van der Waals surface area contributed by atoms with Gasteiger partial charge in [-0.15, -0.1) is 0 Å². The predicted molar refractivity (Wildman–Crippen MR) is 105 cm³/mol. The summed E-state index contributed by atoms with van der Waals surface area (Å²) >= 11 is 0. The van der Waals surface area contributed by atoms with Crippen molar-refractivity contribution in [2.75, 3.05) is 31.1 Å². The Kier molecular flexibility index (Phi) is 5.94. The van der Waals surface area contributed by atoms with E-state index >= 15 is 0 Å². The Hall–Kier alpha value is -2.63. The molecule has 0 aromatic carbocycles.